The van der Waals surface area contributed by atoms with Crippen LogP contribution in [0.25, 0.3) is 0 Å². The first-order valence-electron chi connectivity index (χ1n) is 3.94. The predicted octanol–water partition coefficient (Wildman–Crippen LogP) is 1.30. The fraction of sp³-hybridized carbons (Fsp3) is 0.222. The van der Waals surface area contributed by atoms with Crippen LogP contribution < -0.4 is 0 Å². The Hall–Kier alpha value is -1.38. The summed E-state index contributed by atoms with van der Waals surface area (Å²) in [7, 11) is -3.79. The van der Waals surface area contributed by atoms with Gasteiger partial charge in [-0.3, -0.25) is 0 Å². The predicted molar refractivity (Wildman–Crippen MR) is 49.8 cm³/mol. The Morgan fingerprint density at radius 1 is 1.36 bits per heavy atom. The minimum Gasteiger partial charge on any atom is -0.248 e. The smallest absolute Gasteiger partial charge is 0.248 e. The first-order chi connectivity index (χ1) is 6.56. The Morgan fingerprint density at radius 2 is 1.93 bits per heavy atom. The highest BCUT2D eigenvalue weighted by molar-refractivity contribution is 7.86. The van der Waals surface area contributed by atoms with Crippen molar-refractivity contribution < 1.29 is 12.6 Å². The van der Waals surface area contributed by atoms with Crippen LogP contribution in [0.4, 0.5) is 0 Å². The SMILES string of the molecule is CC(C#N)OS(=O)(=O)c1ccccc1. The lowest BCUT2D eigenvalue weighted by atomic mass is 10.4. The minimum atomic E-state index is -3.79. The van der Waals surface area contributed by atoms with Crippen molar-refractivity contribution in [1.82, 2.24) is 0 Å². The lowest BCUT2D eigenvalue weighted by Crippen LogP contribution is -2.13. The second-order valence-corrected chi connectivity index (χ2v) is 4.21. The van der Waals surface area contributed by atoms with Crippen molar-refractivity contribution in [2.45, 2.75) is 17.9 Å². The molecule has 74 valence electrons. The maximum atomic E-state index is 11.4. The number of hydrogen-bond donors (Lipinski definition) is 0. The van der Waals surface area contributed by atoms with Gasteiger partial charge in [0.05, 0.1) is 11.0 Å². The van der Waals surface area contributed by atoms with Crippen LogP contribution in [0.15, 0.2) is 35.2 Å². The molecule has 0 heterocycles. The van der Waals surface area contributed by atoms with E-state index in [2.05, 4.69) is 4.18 Å². The average Bonchev–Trinajstić information content (AvgIpc) is 2.18. The molecular weight excluding hydrogens is 202 g/mol. The molecule has 14 heavy (non-hydrogen) atoms. The Kier molecular flexibility index (Phi) is 3.23. The van der Waals surface area contributed by atoms with Crippen LogP contribution in [-0.4, -0.2) is 14.5 Å². The molecule has 1 atom stereocenters. The Labute approximate surface area is 82.9 Å². The summed E-state index contributed by atoms with van der Waals surface area (Å²) in [5.41, 5.74) is 0. The highest BCUT2D eigenvalue weighted by Gasteiger charge is 2.17. The fourth-order valence-corrected chi connectivity index (χ4v) is 1.88. The molecule has 0 aliphatic carbocycles. The Bertz CT molecular complexity index is 433. The second kappa shape index (κ2) is 4.22. The molecule has 0 aromatic heterocycles. The molecular formula is C9H9NO3S. The van der Waals surface area contributed by atoms with Crippen LogP contribution in [-0.2, 0) is 14.3 Å². The summed E-state index contributed by atoms with van der Waals surface area (Å²) in [6.07, 6.45) is -0.972. The van der Waals surface area contributed by atoms with Crippen molar-refractivity contribution in [3.05, 3.63) is 30.3 Å². The van der Waals surface area contributed by atoms with Crippen molar-refractivity contribution >= 4 is 10.1 Å². The van der Waals surface area contributed by atoms with E-state index in [1.54, 1.807) is 24.3 Å². The molecule has 1 aromatic rings. The van der Waals surface area contributed by atoms with E-state index in [1.807, 2.05) is 0 Å². The first kappa shape index (κ1) is 10.7. The van der Waals surface area contributed by atoms with E-state index in [9.17, 15) is 8.42 Å². The molecule has 1 rings (SSSR count). The quantitative estimate of drug-likeness (QED) is 0.707. The number of nitriles is 1. The molecule has 0 radical (unpaired) electrons. The maximum Gasteiger partial charge on any atom is 0.298 e. The number of nitrogens with zero attached hydrogens (tertiary/aromatic N) is 1. The normalized spacial score (nSPS) is 13.1. The highest BCUT2D eigenvalue weighted by Crippen LogP contribution is 2.12. The van der Waals surface area contributed by atoms with Crippen LogP contribution in [0.1, 0.15) is 6.92 Å². The van der Waals surface area contributed by atoms with Crippen LogP contribution in [0.2, 0.25) is 0 Å². The van der Waals surface area contributed by atoms with Crippen molar-refractivity contribution in [3.8, 4) is 6.07 Å². The van der Waals surface area contributed by atoms with Gasteiger partial charge in [0.25, 0.3) is 10.1 Å². The summed E-state index contributed by atoms with van der Waals surface area (Å²) in [5.74, 6) is 0. The molecule has 0 N–H and O–H groups in total. The van der Waals surface area contributed by atoms with Crippen LogP contribution in [0, 0.1) is 11.3 Å². The molecule has 0 aliphatic heterocycles. The molecule has 5 heteroatoms. The maximum absolute atomic E-state index is 11.4. The summed E-state index contributed by atoms with van der Waals surface area (Å²) in [5, 5.41) is 8.41. The lowest BCUT2D eigenvalue weighted by Gasteiger charge is -2.05. The van der Waals surface area contributed by atoms with E-state index in [0.29, 0.717) is 0 Å². The zero-order valence-corrected chi connectivity index (χ0v) is 8.36. The molecule has 0 aliphatic rings. The van der Waals surface area contributed by atoms with E-state index in [-0.39, 0.29) is 4.90 Å². The Balaban J connectivity index is 2.94. The molecule has 0 saturated carbocycles. The molecule has 0 amide bonds. The summed E-state index contributed by atoms with van der Waals surface area (Å²) >= 11 is 0. The van der Waals surface area contributed by atoms with E-state index in [1.165, 1.54) is 19.1 Å². The monoisotopic (exact) mass is 211 g/mol. The molecule has 0 saturated heterocycles. The van der Waals surface area contributed by atoms with Gasteiger partial charge in [-0.05, 0) is 19.1 Å². The largest absolute Gasteiger partial charge is 0.298 e. The highest BCUT2D eigenvalue weighted by atomic mass is 32.2. The average molecular weight is 211 g/mol. The van der Waals surface area contributed by atoms with E-state index < -0.39 is 16.2 Å². The van der Waals surface area contributed by atoms with Gasteiger partial charge in [0.1, 0.15) is 0 Å². The van der Waals surface area contributed by atoms with Crippen LogP contribution >= 0.6 is 0 Å². The standard InChI is InChI=1S/C9H9NO3S/c1-8(7-10)13-14(11,12)9-5-3-2-4-6-9/h2-6,8H,1H3. The van der Waals surface area contributed by atoms with Crippen molar-refractivity contribution in [1.29, 1.82) is 5.26 Å². The first-order valence-corrected chi connectivity index (χ1v) is 5.35. The van der Waals surface area contributed by atoms with Gasteiger partial charge in [-0.2, -0.15) is 13.7 Å². The zero-order chi connectivity index (χ0) is 10.6. The fourth-order valence-electron chi connectivity index (χ4n) is 0.854. The van der Waals surface area contributed by atoms with Crippen LogP contribution in [0.3, 0.4) is 0 Å². The molecule has 0 spiro atoms. The van der Waals surface area contributed by atoms with Gasteiger partial charge in [0, 0.05) is 0 Å². The van der Waals surface area contributed by atoms with Crippen molar-refractivity contribution in [2.75, 3.05) is 0 Å². The lowest BCUT2D eigenvalue weighted by molar-refractivity contribution is 0.281. The number of rotatable bonds is 3. The summed E-state index contributed by atoms with van der Waals surface area (Å²) < 4.78 is 27.4. The van der Waals surface area contributed by atoms with Gasteiger partial charge in [-0.25, -0.2) is 4.18 Å². The molecule has 1 unspecified atom stereocenters. The topological polar surface area (TPSA) is 67.2 Å². The molecule has 4 nitrogen and oxygen atoms in total. The van der Waals surface area contributed by atoms with E-state index >= 15 is 0 Å². The molecule has 0 fully saturated rings. The third-order valence-corrected chi connectivity index (χ3v) is 2.88. The van der Waals surface area contributed by atoms with Gasteiger partial charge < -0.3 is 0 Å². The summed E-state index contributed by atoms with van der Waals surface area (Å²) in [6.45, 7) is 1.38. The Morgan fingerprint density at radius 3 is 2.43 bits per heavy atom. The minimum absolute atomic E-state index is 0.0575. The van der Waals surface area contributed by atoms with Crippen molar-refractivity contribution in [2.24, 2.45) is 0 Å². The van der Waals surface area contributed by atoms with Gasteiger partial charge in [0.15, 0.2) is 6.10 Å². The van der Waals surface area contributed by atoms with Gasteiger partial charge in [-0.1, -0.05) is 18.2 Å². The van der Waals surface area contributed by atoms with E-state index in [0.717, 1.165) is 0 Å². The third-order valence-electron chi connectivity index (χ3n) is 1.48. The molecule has 1 aromatic carbocycles. The third kappa shape index (κ3) is 2.55. The van der Waals surface area contributed by atoms with Crippen LogP contribution in [0.5, 0.6) is 0 Å². The zero-order valence-electron chi connectivity index (χ0n) is 7.54. The molecule has 0 bridgehead atoms. The van der Waals surface area contributed by atoms with Gasteiger partial charge >= 0.3 is 0 Å². The van der Waals surface area contributed by atoms with E-state index in [4.69, 9.17) is 5.26 Å². The number of benzene rings is 1. The van der Waals surface area contributed by atoms with Crippen molar-refractivity contribution in [3.63, 3.8) is 0 Å². The number of hydrogen-bond acceptors (Lipinski definition) is 4. The summed E-state index contributed by atoms with van der Waals surface area (Å²) in [4.78, 5) is 0.0575. The van der Waals surface area contributed by atoms with Gasteiger partial charge in [-0.15, -0.1) is 0 Å². The van der Waals surface area contributed by atoms with Gasteiger partial charge in [0.2, 0.25) is 0 Å². The summed E-state index contributed by atoms with van der Waals surface area (Å²) in [6, 6.07) is 9.40. The second-order valence-electron chi connectivity index (χ2n) is 2.63.